The third-order valence-electron chi connectivity index (χ3n) is 5.63. The first kappa shape index (κ1) is 29.9. The summed E-state index contributed by atoms with van der Waals surface area (Å²) in [5.74, 6) is -0.421. The van der Waals surface area contributed by atoms with Crippen molar-refractivity contribution in [3.8, 4) is 5.75 Å². The number of rotatable bonds is 10. The van der Waals surface area contributed by atoms with Crippen LogP contribution < -0.4 is 20.7 Å². The van der Waals surface area contributed by atoms with Crippen molar-refractivity contribution in [3.05, 3.63) is 123 Å². The topological polar surface area (TPSA) is 96.5 Å². The second-order valence-corrected chi connectivity index (χ2v) is 11.0. The maximum Gasteiger partial charge on any atom is 0.272 e. The van der Waals surface area contributed by atoms with Crippen molar-refractivity contribution in [2.45, 2.75) is 4.90 Å². The number of methoxy groups -OCH3 is 1. The average molecular weight is 651 g/mol. The highest BCUT2D eigenvalue weighted by Gasteiger charge is 2.15. The highest BCUT2D eigenvalue weighted by atomic mass is 79.9. The van der Waals surface area contributed by atoms with Gasteiger partial charge in [-0.1, -0.05) is 57.9 Å². The van der Waals surface area contributed by atoms with Gasteiger partial charge in [0, 0.05) is 25.6 Å². The second-order valence-electron chi connectivity index (χ2n) is 8.59. The van der Waals surface area contributed by atoms with Gasteiger partial charge >= 0.3 is 0 Å². The second kappa shape index (κ2) is 14.5. The number of carbonyl (C=O) groups is 3. The average Bonchev–Trinajstić information content (AvgIpc) is 2.98. The quantitative estimate of drug-likeness (QED) is 0.124. The van der Waals surface area contributed by atoms with Crippen LogP contribution in [0.4, 0.5) is 11.4 Å². The van der Waals surface area contributed by atoms with E-state index in [9.17, 15) is 14.4 Å². The summed E-state index contributed by atoms with van der Waals surface area (Å²) in [6.45, 7) is 0. The zero-order valence-electron chi connectivity index (χ0n) is 21.8. The molecule has 0 spiro atoms. The van der Waals surface area contributed by atoms with Gasteiger partial charge in [-0.15, -0.1) is 11.8 Å². The van der Waals surface area contributed by atoms with E-state index in [0.29, 0.717) is 27.7 Å². The van der Waals surface area contributed by atoms with Gasteiger partial charge in [0.05, 0.1) is 18.6 Å². The number of thioether (sulfide) groups is 1. The van der Waals surface area contributed by atoms with E-state index in [-0.39, 0.29) is 17.4 Å². The standard InChI is InChI=1S/C31H25BrClN3O4S/c1-40-28-16-11-23(33)18-26(28)35-29(37)19-41-25-14-12-24(13-15-25)34-31(39)27(17-20-7-9-22(32)10-8-20)36-30(38)21-5-3-2-4-6-21/h2-18H,19H2,1H3,(H,34,39)(H,35,37)(H,36,38)/b27-17-. The summed E-state index contributed by atoms with van der Waals surface area (Å²) in [6.07, 6.45) is 1.61. The van der Waals surface area contributed by atoms with E-state index >= 15 is 0 Å². The van der Waals surface area contributed by atoms with Gasteiger partial charge in [-0.25, -0.2) is 0 Å². The summed E-state index contributed by atoms with van der Waals surface area (Å²) in [5.41, 5.74) is 2.29. The molecule has 0 heterocycles. The molecule has 4 aromatic carbocycles. The Hall–Kier alpha value is -4.05. The number of carbonyl (C=O) groups excluding carboxylic acids is 3. The van der Waals surface area contributed by atoms with Gasteiger partial charge in [-0.2, -0.15) is 0 Å². The number of halogens is 2. The molecule has 0 aromatic heterocycles. The van der Waals surface area contributed by atoms with Gasteiger partial charge in [0.1, 0.15) is 11.4 Å². The molecular formula is C31H25BrClN3O4S. The molecule has 0 saturated heterocycles. The van der Waals surface area contributed by atoms with Gasteiger partial charge in [-0.3, -0.25) is 14.4 Å². The monoisotopic (exact) mass is 649 g/mol. The third-order valence-corrected chi connectivity index (χ3v) is 7.40. The van der Waals surface area contributed by atoms with Crippen molar-refractivity contribution in [3.63, 3.8) is 0 Å². The molecule has 10 heteroatoms. The molecule has 0 unspecified atom stereocenters. The van der Waals surface area contributed by atoms with Crippen molar-refractivity contribution >= 4 is 74.5 Å². The van der Waals surface area contributed by atoms with Crippen LogP contribution in [0.2, 0.25) is 5.02 Å². The van der Waals surface area contributed by atoms with Crippen LogP contribution in [0.1, 0.15) is 15.9 Å². The lowest BCUT2D eigenvalue weighted by Gasteiger charge is -2.12. The number of hydrogen-bond donors (Lipinski definition) is 3. The molecule has 4 aromatic rings. The van der Waals surface area contributed by atoms with Gasteiger partial charge < -0.3 is 20.7 Å². The molecule has 0 radical (unpaired) electrons. The van der Waals surface area contributed by atoms with Crippen LogP contribution >= 0.6 is 39.3 Å². The Morgan fingerprint density at radius 3 is 2.29 bits per heavy atom. The normalized spacial score (nSPS) is 11.0. The highest BCUT2D eigenvalue weighted by molar-refractivity contribution is 9.10. The van der Waals surface area contributed by atoms with Crippen molar-refractivity contribution in [1.29, 1.82) is 0 Å². The zero-order chi connectivity index (χ0) is 29.2. The number of ether oxygens (including phenoxy) is 1. The molecule has 0 aliphatic carbocycles. The molecular weight excluding hydrogens is 626 g/mol. The Kier molecular flexibility index (Phi) is 10.6. The molecule has 0 fully saturated rings. The molecule has 4 rings (SSSR count). The summed E-state index contributed by atoms with van der Waals surface area (Å²) in [6, 6.07) is 28.1. The molecule has 0 bridgehead atoms. The summed E-state index contributed by atoms with van der Waals surface area (Å²) in [7, 11) is 1.52. The van der Waals surface area contributed by atoms with Crippen LogP contribution in [-0.2, 0) is 9.59 Å². The van der Waals surface area contributed by atoms with E-state index in [1.807, 2.05) is 30.3 Å². The summed E-state index contributed by atoms with van der Waals surface area (Å²) >= 11 is 10.8. The van der Waals surface area contributed by atoms with Crippen LogP contribution in [0.25, 0.3) is 6.08 Å². The molecule has 3 N–H and O–H groups in total. The molecule has 0 saturated carbocycles. The van der Waals surface area contributed by atoms with Crippen molar-refractivity contribution < 1.29 is 19.1 Å². The molecule has 41 heavy (non-hydrogen) atoms. The molecule has 7 nitrogen and oxygen atoms in total. The molecule has 0 atom stereocenters. The molecule has 208 valence electrons. The number of benzene rings is 4. The van der Waals surface area contributed by atoms with E-state index in [1.165, 1.54) is 18.9 Å². The molecule has 3 amide bonds. The predicted molar refractivity (Wildman–Crippen MR) is 168 cm³/mol. The van der Waals surface area contributed by atoms with Crippen LogP contribution in [0.15, 0.2) is 112 Å². The van der Waals surface area contributed by atoms with E-state index in [0.717, 1.165) is 14.9 Å². The van der Waals surface area contributed by atoms with Gasteiger partial charge in [0.25, 0.3) is 11.8 Å². The fraction of sp³-hybridized carbons (Fsp3) is 0.0645. The van der Waals surface area contributed by atoms with Crippen LogP contribution in [0.5, 0.6) is 5.75 Å². The van der Waals surface area contributed by atoms with E-state index in [2.05, 4.69) is 31.9 Å². The smallest absolute Gasteiger partial charge is 0.272 e. The minimum absolute atomic E-state index is 0.0905. The Morgan fingerprint density at radius 2 is 1.61 bits per heavy atom. The number of hydrogen-bond acceptors (Lipinski definition) is 5. The largest absolute Gasteiger partial charge is 0.495 e. The first-order valence-electron chi connectivity index (χ1n) is 12.3. The fourth-order valence-corrected chi connectivity index (χ4v) is 4.75. The SMILES string of the molecule is COc1ccc(Cl)cc1NC(=O)CSc1ccc(NC(=O)/C(=C/c2ccc(Br)cc2)NC(=O)c2ccccc2)cc1. The lowest BCUT2D eigenvalue weighted by Crippen LogP contribution is -2.30. The minimum atomic E-state index is -0.479. The van der Waals surface area contributed by atoms with Crippen LogP contribution in [0, 0.1) is 0 Å². The highest BCUT2D eigenvalue weighted by Crippen LogP contribution is 2.28. The first-order valence-corrected chi connectivity index (χ1v) is 14.5. The zero-order valence-corrected chi connectivity index (χ0v) is 25.0. The summed E-state index contributed by atoms with van der Waals surface area (Å²) in [5, 5.41) is 8.84. The summed E-state index contributed by atoms with van der Waals surface area (Å²) in [4.78, 5) is 39.3. The minimum Gasteiger partial charge on any atom is -0.495 e. The van der Waals surface area contributed by atoms with Crippen molar-refractivity contribution in [1.82, 2.24) is 5.32 Å². The Labute approximate surface area is 255 Å². The Balaban J connectivity index is 1.40. The Bertz CT molecular complexity index is 1560. The molecule has 0 aliphatic heterocycles. The van der Waals surface area contributed by atoms with Crippen LogP contribution in [-0.4, -0.2) is 30.6 Å². The maximum atomic E-state index is 13.2. The van der Waals surface area contributed by atoms with E-state index in [1.54, 1.807) is 72.8 Å². The predicted octanol–water partition coefficient (Wildman–Crippen LogP) is 7.25. The van der Waals surface area contributed by atoms with Crippen molar-refractivity contribution in [2.24, 2.45) is 0 Å². The first-order chi connectivity index (χ1) is 19.8. The lowest BCUT2D eigenvalue weighted by atomic mass is 10.1. The van der Waals surface area contributed by atoms with Crippen molar-refractivity contribution in [2.75, 3.05) is 23.5 Å². The van der Waals surface area contributed by atoms with E-state index < -0.39 is 11.8 Å². The van der Waals surface area contributed by atoms with Gasteiger partial charge in [0.15, 0.2) is 0 Å². The number of nitrogens with one attached hydrogen (secondary N) is 3. The van der Waals surface area contributed by atoms with E-state index in [4.69, 9.17) is 16.3 Å². The Morgan fingerprint density at radius 1 is 0.902 bits per heavy atom. The van der Waals surface area contributed by atoms with Gasteiger partial charge in [-0.05, 0) is 78.4 Å². The number of amides is 3. The summed E-state index contributed by atoms with van der Waals surface area (Å²) < 4.78 is 6.16. The fourth-order valence-electron chi connectivity index (χ4n) is 3.61. The molecule has 0 aliphatic rings. The number of anilines is 2. The lowest BCUT2D eigenvalue weighted by molar-refractivity contribution is -0.114. The van der Waals surface area contributed by atoms with Crippen LogP contribution in [0.3, 0.4) is 0 Å². The maximum absolute atomic E-state index is 13.2. The van der Waals surface area contributed by atoms with Gasteiger partial charge in [0.2, 0.25) is 5.91 Å². The third kappa shape index (κ3) is 8.97.